The van der Waals surface area contributed by atoms with Crippen molar-refractivity contribution in [1.82, 2.24) is 4.90 Å². The molecule has 2 rings (SSSR count). The Morgan fingerprint density at radius 2 is 2.25 bits per heavy atom. The largest absolute Gasteiger partial charge is 0.478 e. The van der Waals surface area contributed by atoms with Crippen LogP contribution in [0.2, 0.25) is 5.02 Å². The number of carboxylic acids is 1. The van der Waals surface area contributed by atoms with Gasteiger partial charge in [-0.15, -0.1) is 0 Å². The molecule has 1 heterocycles. The molecule has 1 saturated heterocycles. The molecule has 0 bridgehead atoms. The van der Waals surface area contributed by atoms with Gasteiger partial charge in [-0.25, -0.2) is 4.79 Å². The Hall–Kier alpha value is -1.72. The van der Waals surface area contributed by atoms with Crippen molar-refractivity contribution in [1.29, 1.82) is 0 Å². The van der Waals surface area contributed by atoms with E-state index in [1.165, 1.54) is 0 Å². The van der Waals surface area contributed by atoms with Crippen molar-refractivity contribution in [2.45, 2.75) is 19.0 Å². The molecule has 6 heteroatoms. The zero-order chi connectivity index (χ0) is 14.5. The maximum atomic E-state index is 10.8. The lowest BCUT2D eigenvalue weighted by Gasteiger charge is -2.31. The molecule has 0 saturated carbocycles. The van der Waals surface area contributed by atoms with Crippen molar-refractivity contribution in [3.05, 3.63) is 51.4 Å². The third-order valence-corrected chi connectivity index (χ3v) is 3.71. The fourth-order valence-electron chi connectivity index (χ4n) is 2.36. The fourth-order valence-corrected chi connectivity index (χ4v) is 2.55. The first-order valence-electron chi connectivity index (χ1n) is 6.31. The lowest BCUT2D eigenvalue weighted by Crippen LogP contribution is -2.37. The molecule has 1 aromatic rings. The number of nitrogens with zero attached hydrogens (tertiary/aromatic N) is 2. The highest BCUT2D eigenvalue weighted by molar-refractivity contribution is 6.31. The smallest absolute Gasteiger partial charge is 0.328 e. The predicted octanol–water partition coefficient (Wildman–Crippen LogP) is 2.69. The number of halogens is 1. The Morgan fingerprint density at radius 3 is 2.90 bits per heavy atom. The van der Waals surface area contributed by atoms with Crippen molar-refractivity contribution in [2.24, 2.45) is 5.18 Å². The summed E-state index contributed by atoms with van der Waals surface area (Å²) in [6, 6.07) is 7.00. The lowest BCUT2D eigenvalue weighted by atomic mass is 9.98. The summed E-state index contributed by atoms with van der Waals surface area (Å²) in [6.45, 7) is 1.74. The van der Waals surface area contributed by atoms with Crippen LogP contribution >= 0.6 is 11.6 Å². The van der Waals surface area contributed by atoms with E-state index in [0.29, 0.717) is 36.7 Å². The molecule has 1 aromatic carbocycles. The first-order chi connectivity index (χ1) is 9.60. The molecule has 0 aliphatic carbocycles. The van der Waals surface area contributed by atoms with Crippen LogP contribution < -0.4 is 0 Å². The van der Waals surface area contributed by atoms with Gasteiger partial charge in [0.05, 0.1) is 0 Å². The quantitative estimate of drug-likeness (QED) is 0.684. The first-order valence-corrected chi connectivity index (χ1v) is 6.69. The van der Waals surface area contributed by atoms with Gasteiger partial charge in [0, 0.05) is 30.7 Å². The van der Waals surface area contributed by atoms with Gasteiger partial charge in [0.25, 0.3) is 0 Å². The molecule has 1 atom stereocenters. The van der Waals surface area contributed by atoms with Gasteiger partial charge in [-0.2, -0.15) is 4.91 Å². The van der Waals surface area contributed by atoms with Crippen molar-refractivity contribution in [3.63, 3.8) is 0 Å². The van der Waals surface area contributed by atoms with E-state index in [4.69, 9.17) is 16.7 Å². The average molecular weight is 295 g/mol. The Labute approximate surface area is 121 Å². The number of rotatable bonds is 4. The summed E-state index contributed by atoms with van der Waals surface area (Å²) < 4.78 is 0. The highest BCUT2D eigenvalue weighted by Crippen LogP contribution is 2.23. The third kappa shape index (κ3) is 3.65. The molecule has 1 fully saturated rings. The van der Waals surface area contributed by atoms with Crippen molar-refractivity contribution in [3.8, 4) is 0 Å². The SMILES string of the molecule is O=NC1CCN(Cc2ccccc2Cl)CC1=CC(=O)O. The van der Waals surface area contributed by atoms with Crippen LogP contribution in [0.3, 0.4) is 0 Å². The van der Waals surface area contributed by atoms with Crippen molar-refractivity contribution in [2.75, 3.05) is 13.1 Å². The number of likely N-dealkylation sites (tertiary alicyclic amines) is 1. The van der Waals surface area contributed by atoms with Crippen LogP contribution in [0, 0.1) is 4.91 Å². The van der Waals surface area contributed by atoms with E-state index < -0.39 is 12.0 Å². The van der Waals surface area contributed by atoms with E-state index in [1.54, 1.807) is 0 Å². The maximum absolute atomic E-state index is 10.8. The predicted molar refractivity (Wildman–Crippen MR) is 76.6 cm³/mol. The number of benzene rings is 1. The van der Waals surface area contributed by atoms with E-state index in [0.717, 1.165) is 11.6 Å². The first kappa shape index (κ1) is 14.7. The molecule has 5 nitrogen and oxygen atoms in total. The normalized spacial score (nSPS) is 21.9. The zero-order valence-electron chi connectivity index (χ0n) is 10.8. The molecular weight excluding hydrogens is 280 g/mol. The zero-order valence-corrected chi connectivity index (χ0v) is 11.6. The van der Waals surface area contributed by atoms with Gasteiger partial charge < -0.3 is 5.11 Å². The summed E-state index contributed by atoms with van der Waals surface area (Å²) in [5.74, 6) is -1.05. The van der Waals surface area contributed by atoms with Crippen molar-refractivity contribution < 1.29 is 9.90 Å². The van der Waals surface area contributed by atoms with Crippen LogP contribution in [0.5, 0.6) is 0 Å². The number of piperidine rings is 1. The average Bonchev–Trinajstić information content (AvgIpc) is 2.41. The van der Waals surface area contributed by atoms with Gasteiger partial charge in [-0.1, -0.05) is 35.0 Å². The van der Waals surface area contributed by atoms with E-state index >= 15 is 0 Å². The Kier molecular flexibility index (Phi) is 4.87. The number of carbonyl (C=O) groups is 1. The van der Waals surface area contributed by atoms with Gasteiger partial charge in [0.15, 0.2) is 0 Å². The molecule has 1 aliphatic heterocycles. The van der Waals surface area contributed by atoms with E-state index in [1.807, 2.05) is 24.3 Å². The van der Waals surface area contributed by atoms with E-state index in [2.05, 4.69) is 10.1 Å². The summed E-state index contributed by atoms with van der Waals surface area (Å²) in [6.07, 6.45) is 1.62. The van der Waals surface area contributed by atoms with Gasteiger partial charge in [-0.05, 0) is 23.6 Å². The van der Waals surface area contributed by atoms with Gasteiger partial charge in [0.1, 0.15) is 6.04 Å². The summed E-state index contributed by atoms with van der Waals surface area (Å²) >= 11 is 6.12. The highest BCUT2D eigenvalue weighted by Gasteiger charge is 2.25. The molecule has 0 amide bonds. The number of nitroso groups, excluding NO2 is 1. The summed E-state index contributed by atoms with van der Waals surface area (Å²) in [4.78, 5) is 23.6. The van der Waals surface area contributed by atoms with Crippen LogP contribution in [0.4, 0.5) is 0 Å². The molecule has 0 aromatic heterocycles. The molecule has 1 aliphatic rings. The number of hydrogen-bond donors (Lipinski definition) is 1. The Bertz CT molecular complexity index is 545. The third-order valence-electron chi connectivity index (χ3n) is 3.34. The van der Waals surface area contributed by atoms with Crippen LogP contribution in [0.1, 0.15) is 12.0 Å². The van der Waals surface area contributed by atoms with Gasteiger partial charge >= 0.3 is 5.97 Å². The van der Waals surface area contributed by atoms with Crippen LogP contribution in [0.15, 0.2) is 41.1 Å². The highest BCUT2D eigenvalue weighted by atomic mass is 35.5. The monoisotopic (exact) mass is 294 g/mol. The summed E-state index contributed by atoms with van der Waals surface area (Å²) in [7, 11) is 0. The molecule has 1 N–H and O–H groups in total. The molecule has 20 heavy (non-hydrogen) atoms. The van der Waals surface area contributed by atoms with E-state index in [9.17, 15) is 9.70 Å². The number of aliphatic carboxylic acids is 1. The van der Waals surface area contributed by atoms with Crippen LogP contribution in [-0.4, -0.2) is 35.1 Å². The minimum absolute atomic E-state index is 0.425. The minimum Gasteiger partial charge on any atom is -0.478 e. The minimum atomic E-state index is -1.05. The van der Waals surface area contributed by atoms with E-state index in [-0.39, 0.29) is 0 Å². The standard InChI is InChI=1S/C14H15ClN2O3/c15-12-4-2-1-3-10(12)8-17-6-5-13(16-20)11(9-17)7-14(18)19/h1-4,7,13H,5-6,8-9H2,(H,18,19). The Morgan fingerprint density at radius 1 is 1.50 bits per heavy atom. The second-order valence-electron chi connectivity index (χ2n) is 4.77. The second kappa shape index (κ2) is 6.63. The van der Waals surface area contributed by atoms with Crippen molar-refractivity contribution >= 4 is 17.6 Å². The summed E-state index contributed by atoms with van der Waals surface area (Å²) in [5.41, 5.74) is 1.53. The number of carboxylic acid groups (broad SMARTS) is 1. The van der Waals surface area contributed by atoms with Gasteiger partial charge in [-0.3, -0.25) is 4.90 Å². The second-order valence-corrected chi connectivity index (χ2v) is 5.18. The van der Waals surface area contributed by atoms with Crippen LogP contribution in [0.25, 0.3) is 0 Å². The molecule has 106 valence electrons. The van der Waals surface area contributed by atoms with Gasteiger partial charge in [0.2, 0.25) is 0 Å². The molecular formula is C14H15ClN2O3. The fraction of sp³-hybridized carbons (Fsp3) is 0.357. The van der Waals surface area contributed by atoms with Crippen LogP contribution in [-0.2, 0) is 11.3 Å². The lowest BCUT2D eigenvalue weighted by molar-refractivity contribution is -0.131. The number of hydrogen-bond acceptors (Lipinski definition) is 4. The molecule has 0 radical (unpaired) electrons. The molecule has 0 spiro atoms. The maximum Gasteiger partial charge on any atom is 0.328 e. The molecule has 1 unspecified atom stereocenters. The summed E-state index contributed by atoms with van der Waals surface area (Å²) in [5, 5.41) is 12.5. The Balaban J connectivity index is 2.10. The topological polar surface area (TPSA) is 70.0 Å².